The molecule has 2 aliphatic heterocycles. The Morgan fingerprint density at radius 2 is 1.65 bits per heavy atom. The Kier molecular flexibility index (Phi) is 7.09. The van der Waals surface area contributed by atoms with Crippen molar-refractivity contribution in [2.75, 3.05) is 13.1 Å². The number of hydrogen-bond acceptors (Lipinski definition) is 3. The third kappa shape index (κ3) is 5.10. The van der Waals surface area contributed by atoms with Crippen LogP contribution in [-0.4, -0.2) is 45.4 Å². The molecule has 0 aromatic heterocycles. The summed E-state index contributed by atoms with van der Waals surface area (Å²) in [5.74, 6) is 0.981. The van der Waals surface area contributed by atoms with Gasteiger partial charge in [-0.05, 0) is 104 Å². The first-order valence-electron chi connectivity index (χ1n) is 14.5. The van der Waals surface area contributed by atoms with Crippen LogP contribution in [0.4, 0.5) is 0 Å². The maximum Gasteiger partial charge on any atom is 0.228 e. The van der Waals surface area contributed by atoms with E-state index in [4.69, 9.17) is 4.99 Å². The Bertz CT molecular complexity index is 1560. The van der Waals surface area contributed by atoms with Crippen LogP contribution >= 0.6 is 20.7 Å². The second-order valence-corrected chi connectivity index (χ2v) is 14.9. The molecule has 4 nitrogen and oxygen atoms in total. The van der Waals surface area contributed by atoms with E-state index in [2.05, 4.69) is 73.0 Å². The van der Waals surface area contributed by atoms with E-state index in [0.717, 1.165) is 62.0 Å². The van der Waals surface area contributed by atoms with Gasteiger partial charge in [0.2, 0.25) is 5.91 Å². The van der Waals surface area contributed by atoms with Gasteiger partial charge in [0.1, 0.15) is 5.54 Å². The molecule has 0 spiro atoms. The first-order valence-corrected chi connectivity index (χ1v) is 17.2. The summed E-state index contributed by atoms with van der Waals surface area (Å²) in [4.78, 5) is 33.0. The summed E-state index contributed by atoms with van der Waals surface area (Å²) in [6, 6.07) is 19.9. The quantitative estimate of drug-likeness (QED) is 0.237. The number of nitrogens with zero attached hydrogens (tertiary/aromatic N) is 2. The number of carbonyl (C=O) groups is 2. The van der Waals surface area contributed by atoms with Crippen molar-refractivity contribution in [3.05, 3.63) is 69.3 Å². The summed E-state index contributed by atoms with van der Waals surface area (Å²) in [5, 5.41) is 2.51. The van der Waals surface area contributed by atoms with Crippen LogP contribution in [-0.2, 0) is 9.59 Å². The highest BCUT2D eigenvalue weighted by atomic mass is 127. The molecule has 40 heavy (non-hydrogen) atoms. The maximum atomic E-state index is 13.4. The molecule has 1 aliphatic carbocycles. The molecule has 0 bridgehead atoms. The van der Waals surface area contributed by atoms with Gasteiger partial charge in [-0.2, -0.15) is 0 Å². The lowest BCUT2D eigenvalue weighted by Crippen LogP contribution is -2.52. The smallest absolute Gasteiger partial charge is 0.228 e. The van der Waals surface area contributed by atoms with Crippen molar-refractivity contribution in [3.8, 4) is 11.1 Å². The highest BCUT2D eigenvalue weighted by Crippen LogP contribution is 2.47. The van der Waals surface area contributed by atoms with Crippen LogP contribution in [0.3, 0.4) is 0 Å². The molecular formula is C35H39IN2O2. The Morgan fingerprint density at radius 1 is 0.975 bits per heavy atom. The molecule has 0 radical (unpaired) electrons. The van der Waals surface area contributed by atoms with Gasteiger partial charge in [0.25, 0.3) is 0 Å². The fraction of sp³-hybridized carbons (Fsp3) is 0.429. The van der Waals surface area contributed by atoms with E-state index in [1.165, 1.54) is 25.5 Å². The molecule has 3 aromatic carbocycles. The third-order valence-corrected chi connectivity index (χ3v) is 10.9. The van der Waals surface area contributed by atoms with Gasteiger partial charge in [-0.25, -0.2) is 0 Å². The summed E-state index contributed by atoms with van der Waals surface area (Å²) in [6.45, 7) is 9.89. The van der Waals surface area contributed by atoms with Crippen LogP contribution < -0.4 is 0 Å². The maximum absolute atomic E-state index is 13.4. The van der Waals surface area contributed by atoms with Crippen LogP contribution in [0.15, 0.2) is 59.6 Å². The standard InChI is InChI=1S/C35H39IN2O2/c1-22-17-24(25-9-10-27-19-28(36-5)13-11-26(27)18-25)12-14-29(22)31-30(32(39)34(2,3)37-31)8-6-7-23-20-38(21-23)33(40)35(4)15-16-35/h9-14,17-19,23,30H,5-8,15-16,20-21H2,1-4H3. The van der Waals surface area contributed by atoms with Gasteiger partial charge in [-0.15, -0.1) is 0 Å². The lowest BCUT2D eigenvalue weighted by atomic mass is 9.82. The zero-order chi connectivity index (χ0) is 28.2. The average Bonchev–Trinajstić information content (AvgIpc) is 3.63. The SMILES string of the molecule is C=Ic1ccc2cc(-c3ccc(C4=NC(C)(C)C(=O)C4CCCC4CN(C(=O)C5(C)CC5)C4)c(C)c3)ccc2c1. The van der Waals surface area contributed by atoms with Crippen molar-refractivity contribution in [2.24, 2.45) is 22.2 Å². The number of aryl methyl sites for hydroxylation is 1. The van der Waals surface area contributed by atoms with Crippen molar-refractivity contribution in [1.29, 1.82) is 0 Å². The third-order valence-electron chi connectivity index (χ3n) is 9.31. The average molecular weight is 647 g/mol. The summed E-state index contributed by atoms with van der Waals surface area (Å²) < 4.78 is 5.47. The molecule has 6 rings (SSSR count). The Hall–Kier alpha value is -2.67. The zero-order valence-corrected chi connectivity index (χ0v) is 26.3. The highest BCUT2D eigenvalue weighted by molar-refractivity contribution is 14.2. The van der Waals surface area contributed by atoms with Crippen LogP contribution in [0.2, 0.25) is 0 Å². The molecule has 5 heteroatoms. The Morgan fingerprint density at radius 3 is 2.35 bits per heavy atom. The molecular weight excluding hydrogens is 607 g/mol. The number of amides is 1. The fourth-order valence-electron chi connectivity index (χ4n) is 6.42. The van der Waals surface area contributed by atoms with Crippen molar-refractivity contribution < 1.29 is 9.59 Å². The van der Waals surface area contributed by atoms with Crippen molar-refractivity contribution >= 4 is 53.4 Å². The van der Waals surface area contributed by atoms with Gasteiger partial charge in [0, 0.05) is 22.1 Å². The summed E-state index contributed by atoms with van der Waals surface area (Å²) >= 11 is -0.157. The lowest BCUT2D eigenvalue weighted by Gasteiger charge is -2.41. The molecule has 3 aliphatic rings. The van der Waals surface area contributed by atoms with Crippen molar-refractivity contribution in [1.82, 2.24) is 4.90 Å². The molecule has 1 atom stereocenters. The molecule has 1 saturated carbocycles. The molecule has 2 heterocycles. The molecule has 3 aromatic rings. The number of hydrogen-bond donors (Lipinski definition) is 0. The van der Waals surface area contributed by atoms with Gasteiger partial charge in [0.05, 0.1) is 11.6 Å². The summed E-state index contributed by atoms with van der Waals surface area (Å²) in [7, 11) is 0. The fourth-order valence-corrected chi connectivity index (χ4v) is 7.41. The van der Waals surface area contributed by atoms with Gasteiger partial charge in [-0.1, -0.05) is 75.0 Å². The minimum absolute atomic E-state index is 0.0719. The molecule has 2 fully saturated rings. The first-order chi connectivity index (χ1) is 19.1. The van der Waals surface area contributed by atoms with Crippen LogP contribution in [0.1, 0.15) is 64.0 Å². The van der Waals surface area contributed by atoms with Gasteiger partial charge < -0.3 is 4.90 Å². The highest BCUT2D eigenvalue weighted by Gasteiger charge is 2.49. The number of benzene rings is 3. The number of rotatable bonds is 8. The number of Topliss-reactive ketones (excluding diaryl/α,β-unsaturated/α-hetero) is 1. The number of halogens is 1. The minimum atomic E-state index is -0.683. The van der Waals surface area contributed by atoms with E-state index in [1.54, 1.807) is 0 Å². The number of carbonyl (C=O) groups excluding carboxylic acids is 2. The van der Waals surface area contributed by atoms with Crippen molar-refractivity contribution in [2.45, 2.75) is 65.3 Å². The summed E-state index contributed by atoms with van der Waals surface area (Å²) in [6.07, 6.45) is 4.95. The first kappa shape index (κ1) is 27.5. The molecule has 208 valence electrons. The van der Waals surface area contributed by atoms with E-state index in [-0.39, 0.29) is 37.8 Å². The molecule has 1 saturated heterocycles. The van der Waals surface area contributed by atoms with E-state index < -0.39 is 5.54 Å². The summed E-state index contributed by atoms with van der Waals surface area (Å²) in [5.41, 5.74) is 4.83. The zero-order valence-electron chi connectivity index (χ0n) is 24.1. The Balaban J connectivity index is 1.15. The predicted octanol–water partition coefficient (Wildman–Crippen LogP) is 7.58. The normalized spacial score (nSPS) is 21.4. The van der Waals surface area contributed by atoms with E-state index in [0.29, 0.717) is 11.8 Å². The number of aliphatic imine (C=N–C) groups is 1. The second kappa shape index (κ2) is 10.3. The monoisotopic (exact) mass is 646 g/mol. The van der Waals surface area contributed by atoms with Crippen LogP contribution in [0, 0.1) is 27.7 Å². The van der Waals surface area contributed by atoms with E-state index in [9.17, 15) is 9.59 Å². The number of likely N-dealkylation sites (tertiary alicyclic amines) is 1. The van der Waals surface area contributed by atoms with Gasteiger partial charge in [0.15, 0.2) is 5.78 Å². The lowest BCUT2D eigenvalue weighted by molar-refractivity contribution is -0.143. The van der Waals surface area contributed by atoms with Crippen LogP contribution in [0.25, 0.3) is 21.9 Å². The van der Waals surface area contributed by atoms with Crippen LogP contribution in [0.5, 0.6) is 0 Å². The second-order valence-electron chi connectivity index (χ2n) is 12.9. The molecule has 1 unspecified atom stereocenters. The molecule has 1 amide bonds. The van der Waals surface area contributed by atoms with E-state index in [1.807, 2.05) is 18.7 Å². The van der Waals surface area contributed by atoms with E-state index >= 15 is 0 Å². The Labute approximate surface area is 248 Å². The van der Waals surface area contributed by atoms with Crippen molar-refractivity contribution in [3.63, 3.8) is 0 Å². The van der Waals surface area contributed by atoms with Gasteiger partial charge >= 0.3 is 0 Å². The molecule has 0 N–H and O–H groups in total. The predicted molar refractivity (Wildman–Crippen MR) is 174 cm³/mol. The topological polar surface area (TPSA) is 49.7 Å². The number of fused-ring (bicyclic) bond motifs is 1. The van der Waals surface area contributed by atoms with Gasteiger partial charge in [-0.3, -0.25) is 14.6 Å². The number of ketones is 1. The minimum Gasteiger partial charge on any atom is -0.342 e. The largest absolute Gasteiger partial charge is 0.342 e.